The number of carboxylic acids is 1. The van der Waals surface area contributed by atoms with Gasteiger partial charge in [-0.2, -0.15) is 0 Å². The van der Waals surface area contributed by atoms with Gasteiger partial charge in [-0.05, 0) is 40.9 Å². The zero-order chi connectivity index (χ0) is 13.6. The molecule has 1 N–H and O–H groups in total. The fourth-order valence-electron chi connectivity index (χ4n) is 2.11. The molecular formula is C13H11BrN2O3. The van der Waals surface area contributed by atoms with Crippen molar-refractivity contribution in [3.05, 3.63) is 38.9 Å². The smallest absolute Gasteiger partial charge is 0.323 e. The fraction of sp³-hybridized carbons (Fsp3) is 0.308. The van der Waals surface area contributed by atoms with E-state index in [0.29, 0.717) is 21.3 Å². The van der Waals surface area contributed by atoms with Crippen LogP contribution in [0.2, 0.25) is 0 Å². The monoisotopic (exact) mass is 322 g/mol. The maximum absolute atomic E-state index is 12.2. The summed E-state index contributed by atoms with van der Waals surface area (Å²) in [5, 5.41) is 9.23. The van der Waals surface area contributed by atoms with E-state index in [9.17, 15) is 9.59 Å². The molecule has 0 unspecified atom stereocenters. The highest BCUT2D eigenvalue weighted by Gasteiger charge is 2.25. The highest BCUT2D eigenvalue weighted by atomic mass is 79.9. The zero-order valence-electron chi connectivity index (χ0n) is 9.97. The van der Waals surface area contributed by atoms with Crippen molar-refractivity contribution in [2.45, 2.75) is 25.3 Å². The van der Waals surface area contributed by atoms with E-state index >= 15 is 0 Å². The first kappa shape index (κ1) is 12.3. The van der Waals surface area contributed by atoms with E-state index in [4.69, 9.17) is 5.11 Å². The molecule has 0 aliphatic heterocycles. The highest BCUT2D eigenvalue weighted by Crippen LogP contribution is 2.39. The van der Waals surface area contributed by atoms with E-state index in [1.54, 1.807) is 6.07 Å². The van der Waals surface area contributed by atoms with Gasteiger partial charge in [0.05, 0.1) is 15.4 Å². The molecule has 1 fully saturated rings. The summed E-state index contributed by atoms with van der Waals surface area (Å²) in [6.45, 7) is -0.349. The van der Waals surface area contributed by atoms with Gasteiger partial charge in [0.25, 0.3) is 5.56 Å². The van der Waals surface area contributed by atoms with Crippen LogP contribution < -0.4 is 5.56 Å². The number of aromatic nitrogens is 2. The Morgan fingerprint density at radius 3 is 2.84 bits per heavy atom. The topological polar surface area (TPSA) is 72.2 Å². The number of aliphatic carboxylic acids is 1. The molecule has 3 rings (SSSR count). The van der Waals surface area contributed by atoms with Crippen molar-refractivity contribution < 1.29 is 9.90 Å². The zero-order valence-corrected chi connectivity index (χ0v) is 11.6. The Labute approximate surface area is 117 Å². The Morgan fingerprint density at radius 2 is 2.21 bits per heavy atom. The number of carbonyl (C=O) groups is 1. The fourth-order valence-corrected chi connectivity index (χ4v) is 2.66. The summed E-state index contributed by atoms with van der Waals surface area (Å²) < 4.78 is 1.82. The quantitative estimate of drug-likeness (QED) is 0.939. The van der Waals surface area contributed by atoms with E-state index in [2.05, 4.69) is 20.9 Å². The molecule has 1 aliphatic carbocycles. The molecule has 0 saturated heterocycles. The summed E-state index contributed by atoms with van der Waals surface area (Å²) in [5.41, 5.74) is 1.29. The molecule has 0 spiro atoms. The number of rotatable bonds is 3. The van der Waals surface area contributed by atoms with Crippen LogP contribution in [0.15, 0.2) is 27.6 Å². The second kappa shape index (κ2) is 4.45. The molecule has 6 heteroatoms. The van der Waals surface area contributed by atoms with Gasteiger partial charge >= 0.3 is 5.97 Å². The lowest BCUT2D eigenvalue weighted by atomic mass is 10.2. The summed E-state index contributed by atoms with van der Waals surface area (Å²) in [5.74, 6) is -0.534. The van der Waals surface area contributed by atoms with Gasteiger partial charge in [-0.1, -0.05) is 0 Å². The van der Waals surface area contributed by atoms with Crippen LogP contribution in [-0.2, 0) is 11.3 Å². The molecule has 0 radical (unpaired) electrons. The predicted molar refractivity (Wildman–Crippen MR) is 73.3 cm³/mol. The minimum atomic E-state index is -1.05. The Hall–Kier alpha value is -1.69. The van der Waals surface area contributed by atoms with E-state index in [1.165, 1.54) is 10.8 Å². The van der Waals surface area contributed by atoms with Crippen molar-refractivity contribution in [3.8, 4) is 0 Å². The molecule has 2 aromatic heterocycles. The molecule has 0 bridgehead atoms. The first-order chi connectivity index (χ1) is 9.06. The van der Waals surface area contributed by atoms with Crippen LogP contribution in [0.5, 0.6) is 0 Å². The van der Waals surface area contributed by atoms with Gasteiger partial charge in [0.2, 0.25) is 0 Å². The van der Waals surface area contributed by atoms with Gasteiger partial charge in [-0.25, -0.2) is 0 Å². The van der Waals surface area contributed by atoms with Gasteiger partial charge in [-0.15, -0.1) is 0 Å². The molecular weight excluding hydrogens is 312 g/mol. The largest absolute Gasteiger partial charge is 0.480 e. The van der Waals surface area contributed by atoms with Crippen molar-refractivity contribution in [3.63, 3.8) is 0 Å². The molecule has 98 valence electrons. The molecule has 1 aliphatic rings. The molecule has 2 heterocycles. The number of halogens is 1. The number of fused-ring (bicyclic) bond motifs is 1. The number of carboxylic acid groups (broad SMARTS) is 1. The summed E-state index contributed by atoms with van der Waals surface area (Å²) in [4.78, 5) is 27.4. The molecule has 1 saturated carbocycles. The van der Waals surface area contributed by atoms with Crippen molar-refractivity contribution in [1.29, 1.82) is 0 Å². The van der Waals surface area contributed by atoms with E-state index in [-0.39, 0.29) is 12.1 Å². The minimum Gasteiger partial charge on any atom is -0.480 e. The van der Waals surface area contributed by atoms with E-state index in [1.807, 2.05) is 6.07 Å². The molecule has 0 atom stereocenters. The van der Waals surface area contributed by atoms with Gasteiger partial charge in [0.1, 0.15) is 6.54 Å². The summed E-state index contributed by atoms with van der Waals surface area (Å²) in [6, 6.07) is 3.60. The van der Waals surface area contributed by atoms with Crippen LogP contribution in [0.25, 0.3) is 10.9 Å². The normalized spacial score (nSPS) is 14.8. The standard InChI is InChI=1S/C13H11BrN2O3/c14-9-5-16(6-11(17)18)13(19)8-3-4-10(7-1-2-7)15-12(8)9/h3-5,7H,1-2,6H2,(H,17,18). The van der Waals surface area contributed by atoms with Crippen LogP contribution in [0, 0.1) is 0 Å². The number of hydrogen-bond acceptors (Lipinski definition) is 3. The average molecular weight is 323 g/mol. The van der Waals surface area contributed by atoms with Crippen LogP contribution >= 0.6 is 15.9 Å². The highest BCUT2D eigenvalue weighted by molar-refractivity contribution is 9.10. The Kier molecular flexibility index (Phi) is 2.89. The third kappa shape index (κ3) is 2.28. The lowest BCUT2D eigenvalue weighted by Gasteiger charge is -2.07. The number of nitrogens with zero attached hydrogens (tertiary/aromatic N) is 2. The molecule has 19 heavy (non-hydrogen) atoms. The summed E-state index contributed by atoms with van der Waals surface area (Å²) >= 11 is 3.36. The number of hydrogen-bond donors (Lipinski definition) is 1. The van der Waals surface area contributed by atoms with Crippen molar-refractivity contribution in [2.75, 3.05) is 0 Å². The maximum Gasteiger partial charge on any atom is 0.323 e. The van der Waals surface area contributed by atoms with Crippen molar-refractivity contribution in [1.82, 2.24) is 9.55 Å². The van der Waals surface area contributed by atoms with Gasteiger partial charge < -0.3 is 9.67 Å². The second-order valence-corrected chi connectivity index (χ2v) is 5.56. The third-order valence-corrected chi connectivity index (χ3v) is 3.79. The molecule has 2 aromatic rings. The molecule has 0 aromatic carbocycles. The summed E-state index contributed by atoms with van der Waals surface area (Å²) in [6.07, 6.45) is 3.78. The number of pyridine rings is 2. The summed E-state index contributed by atoms with van der Waals surface area (Å²) in [7, 11) is 0. The van der Waals surface area contributed by atoms with Crippen molar-refractivity contribution >= 4 is 32.8 Å². The Bertz CT molecular complexity index is 734. The minimum absolute atomic E-state index is 0.324. The predicted octanol–water partition coefficient (Wildman–Crippen LogP) is 2.12. The lowest BCUT2D eigenvalue weighted by molar-refractivity contribution is -0.137. The first-order valence-electron chi connectivity index (χ1n) is 5.97. The molecule has 0 amide bonds. The van der Waals surface area contributed by atoms with Crippen LogP contribution in [0.1, 0.15) is 24.5 Å². The van der Waals surface area contributed by atoms with Gasteiger partial charge in [0, 0.05) is 17.8 Å². The first-order valence-corrected chi connectivity index (χ1v) is 6.77. The third-order valence-electron chi connectivity index (χ3n) is 3.20. The SMILES string of the molecule is O=C(O)Cn1cc(Br)c2nc(C3CC3)ccc2c1=O. The maximum atomic E-state index is 12.2. The van der Waals surface area contributed by atoms with Crippen LogP contribution in [0.4, 0.5) is 0 Å². The van der Waals surface area contributed by atoms with Crippen LogP contribution in [-0.4, -0.2) is 20.6 Å². The Balaban J connectivity index is 2.20. The molecule has 5 nitrogen and oxygen atoms in total. The van der Waals surface area contributed by atoms with Gasteiger partial charge in [0.15, 0.2) is 0 Å². The average Bonchev–Trinajstić information content (AvgIpc) is 3.18. The second-order valence-electron chi connectivity index (χ2n) is 4.71. The lowest BCUT2D eigenvalue weighted by Crippen LogP contribution is -2.24. The van der Waals surface area contributed by atoms with E-state index < -0.39 is 5.97 Å². The Morgan fingerprint density at radius 1 is 1.47 bits per heavy atom. The van der Waals surface area contributed by atoms with Crippen LogP contribution in [0.3, 0.4) is 0 Å². The van der Waals surface area contributed by atoms with Gasteiger partial charge in [-0.3, -0.25) is 14.6 Å². The van der Waals surface area contributed by atoms with E-state index in [0.717, 1.165) is 18.5 Å². The van der Waals surface area contributed by atoms with Crippen molar-refractivity contribution in [2.24, 2.45) is 0 Å².